The Labute approximate surface area is 153 Å². The maximum atomic E-state index is 5.55. The van der Waals surface area contributed by atoms with E-state index in [0.717, 1.165) is 16.7 Å². The Kier molecular flexibility index (Phi) is 5.16. The second-order valence-corrected chi connectivity index (χ2v) is 6.26. The summed E-state index contributed by atoms with van der Waals surface area (Å²) in [6.07, 6.45) is 1.73. The van der Waals surface area contributed by atoms with Gasteiger partial charge in [-0.05, 0) is 29.2 Å². The van der Waals surface area contributed by atoms with E-state index in [1.165, 1.54) is 5.56 Å². The number of nitrogens with zero attached hydrogens (tertiary/aromatic N) is 1. The van der Waals surface area contributed by atoms with Gasteiger partial charge in [0, 0.05) is 11.1 Å². The first-order valence-electron chi connectivity index (χ1n) is 8.44. The molecule has 0 spiro atoms. The van der Waals surface area contributed by atoms with Gasteiger partial charge in [0.15, 0.2) is 17.3 Å². The molecule has 5 nitrogen and oxygen atoms in total. The van der Waals surface area contributed by atoms with Crippen molar-refractivity contribution < 1.29 is 18.7 Å². The van der Waals surface area contributed by atoms with Crippen LogP contribution in [0.2, 0.25) is 0 Å². The van der Waals surface area contributed by atoms with E-state index in [1.807, 2.05) is 12.1 Å². The van der Waals surface area contributed by atoms with Gasteiger partial charge >= 0.3 is 0 Å². The standard InChI is InChI=1S/C21H23NO4/c1-13(2)14-6-8-15(9-7-14)17-12-22-26-20(17)16-10-18(23-3)21(25-5)19(11-16)24-4/h6-13H,1-5H3. The van der Waals surface area contributed by atoms with Crippen molar-refractivity contribution in [3.63, 3.8) is 0 Å². The lowest BCUT2D eigenvalue weighted by molar-refractivity contribution is 0.324. The van der Waals surface area contributed by atoms with Crippen molar-refractivity contribution in [2.75, 3.05) is 21.3 Å². The summed E-state index contributed by atoms with van der Waals surface area (Å²) >= 11 is 0. The Morgan fingerprint density at radius 2 is 1.46 bits per heavy atom. The van der Waals surface area contributed by atoms with E-state index in [-0.39, 0.29) is 0 Å². The molecule has 136 valence electrons. The number of methoxy groups -OCH3 is 3. The van der Waals surface area contributed by atoms with Crippen molar-refractivity contribution >= 4 is 0 Å². The fourth-order valence-electron chi connectivity index (χ4n) is 2.91. The lowest BCUT2D eigenvalue weighted by Gasteiger charge is -2.13. The van der Waals surface area contributed by atoms with Crippen LogP contribution in [0.3, 0.4) is 0 Å². The highest BCUT2D eigenvalue weighted by Gasteiger charge is 2.19. The summed E-state index contributed by atoms with van der Waals surface area (Å²) in [5, 5.41) is 4.00. The van der Waals surface area contributed by atoms with Crippen LogP contribution >= 0.6 is 0 Å². The Bertz CT molecular complexity index is 856. The number of benzene rings is 2. The number of aromatic nitrogens is 1. The molecule has 0 saturated carbocycles. The second-order valence-electron chi connectivity index (χ2n) is 6.26. The molecule has 0 atom stereocenters. The second kappa shape index (κ2) is 7.52. The van der Waals surface area contributed by atoms with Crippen LogP contribution in [0.4, 0.5) is 0 Å². The zero-order valence-corrected chi connectivity index (χ0v) is 15.7. The van der Waals surface area contributed by atoms with E-state index in [0.29, 0.717) is 28.9 Å². The van der Waals surface area contributed by atoms with Gasteiger partial charge in [0.25, 0.3) is 0 Å². The zero-order valence-electron chi connectivity index (χ0n) is 15.7. The molecule has 0 N–H and O–H groups in total. The molecule has 2 aromatic carbocycles. The monoisotopic (exact) mass is 353 g/mol. The predicted molar refractivity (Wildman–Crippen MR) is 101 cm³/mol. The molecule has 26 heavy (non-hydrogen) atoms. The first kappa shape index (κ1) is 17.9. The van der Waals surface area contributed by atoms with Crippen molar-refractivity contribution in [1.29, 1.82) is 0 Å². The molecule has 0 amide bonds. The van der Waals surface area contributed by atoms with E-state index in [2.05, 4.69) is 43.3 Å². The minimum atomic E-state index is 0.487. The third-order valence-electron chi connectivity index (χ3n) is 4.39. The predicted octanol–water partition coefficient (Wildman–Crippen LogP) is 5.16. The molecule has 5 heteroatoms. The van der Waals surface area contributed by atoms with Gasteiger partial charge in [0.05, 0.1) is 27.5 Å². The lowest BCUT2D eigenvalue weighted by atomic mass is 9.97. The van der Waals surface area contributed by atoms with Crippen LogP contribution in [0.1, 0.15) is 25.3 Å². The van der Waals surface area contributed by atoms with Crippen molar-refractivity contribution in [2.45, 2.75) is 19.8 Å². The highest BCUT2D eigenvalue weighted by Crippen LogP contribution is 2.43. The first-order chi connectivity index (χ1) is 12.6. The van der Waals surface area contributed by atoms with E-state index in [4.69, 9.17) is 18.7 Å². The Hall–Kier alpha value is -2.95. The summed E-state index contributed by atoms with van der Waals surface area (Å²) in [6.45, 7) is 4.35. The van der Waals surface area contributed by atoms with Gasteiger partial charge in [-0.15, -0.1) is 0 Å². The topological polar surface area (TPSA) is 53.7 Å². The molecule has 1 aromatic heterocycles. The lowest BCUT2D eigenvalue weighted by Crippen LogP contribution is -1.95. The smallest absolute Gasteiger partial charge is 0.203 e. The fourth-order valence-corrected chi connectivity index (χ4v) is 2.91. The fraction of sp³-hybridized carbons (Fsp3) is 0.286. The quantitative estimate of drug-likeness (QED) is 0.613. The molecule has 0 aliphatic carbocycles. The third-order valence-corrected chi connectivity index (χ3v) is 4.39. The van der Waals surface area contributed by atoms with Crippen molar-refractivity contribution in [3.05, 3.63) is 48.2 Å². The van der Waals surface area contributed by atoms with E-state index in [1.54, 1.807) is 27.5 Å². The number of hydrogen-bond acceptors (Lipinski definition) is 5. The summed E-state index contributed by atoms with van der Waals surface area (Å²) in [5.74, 6) is 2.82. The van der Waals surface area contributed by atoms with Crippen molar-refractivity contribution in [3.8, 4) is 39.7 Å². The molecule has 0 saturated heterocycles. The summed E-state index contributed by atoms with van der Waals surface area (Å²) in [5.41, 5.74) is 4.05. The molecule has 3 aromatic rings. The van der Waals surface area contributed by atoms with Crippen LogP contribution in [0.25, 0.3) is 22.5 Å². The molecule has 0 aliphatic rings. The van der Waals surface area contributed by atoms with E-state index >= 15 is 0 Å². The van der Waals surface area contributed by atoms with Crippen LogP contribution in [0, 0.1) is 0 Å². The summed E-state index contributed by atoms with van der Waals surface area (Å²) in [6, 6.07) is 12.1. The molecule has 3 rings (SSSR count). The maximum Gasteiger partial charge on any atom is 0.203 e. The highest BCUT2D eigenvalue weighted by atomic mass is 16.5. The molecule has 0 bridgehead atoms. The third kappa shape index (κ3) is 3.25. The van der Waals surface area contributed by atoms with Crippen LogP contribution in [-0.2, 0) is 0 Å². The molecule has 0 aliphatic heterocycles. The Balaban J connectivity index is 2.08. The minimum Gasteiger partial charge on any atom is -0.493 e. The van der Waals surface area contributed by atoms with Gasteiger partial charge in [-0.2, -0.15) is 0 Å². The van der Waals surface area contributed by atoms with Crippen molar-refractivity contribution in [2.24, 2.45) is 0 Å². The van der Waals surface area contributed by atoms with E-state index < -0.39 is 0 Å². The van der Waals surface area contributed by atoms with E-state index in [9.17, 15) is 0 Å². The number of hydrogen-bond donors (Lipinski definition) is 0. The summed E-state index contributed by atoms with van der Waals surface area (Å²) < 4.78 is 21.8. The molecule has 0 unspecified atom stereocenters. The van der Waals surface area contributed by atoms with Gasteiger partial charge < -0.3 is 18.7 Å². The molecular weight excluding hydrogens is 330 g/mol. The van der Waals surface area contributed by atoms with Crippen LogP contribution in [0.15, 0.2) is 47.1 Å². The average molecular weight is 353 g/mol. The maximum absolute atomic E-state index is 5.55. The van der Waals surface area contributed by atoms with Crippen LogP contribution in [0.5, 0.6) is 17.2 Å². The minimum absolute atomic E-state index is 0.487. The molecule has 0 fully saturated rings. The summed E-state index contributed by atoms with van der Waals surface area (Å²) in [7, 11) is 4.76. The van der Waals surface area contributed by atoms with Gasteiger partial charge in [0.1, 0.15) is 0 Å². The molecular formula is C21H23NO4. The number of rotatable bonds is 6. The molecule has 0 radical (unpaired) electrons. The largest absolute Gasteiger partial charge is 0.493 e. The Morgan fingerprint density at radius 3 is 1.96 bits per heavy atom. The van der Waals surface area contributed by atoms with Crippen molar-refractivity contribution in [1.82, 2.24) is 5.16 Å². The molecule has 1 heterocycles. The normalized spacial score (nSPS) is 10.8. The van der Waals surface area contributed by atoms with Gasteiger partial charge in [-0.25, -0.2) is 0 Å². The SMILES string of the molecule is COc1cc(-c2oncc2-c2ccc(C(C)C)cc2)cc(OC)c1OC. The van der Waals surface area contributed by atoms with Crippen LogP contribution in [-0.4, -0.2) is 26.5 Å². The number of ether oxygens (including phenoxy) is 3. The first-order valence-corrected chi connectivity index (χ1v) is 8.44. The van der Waals surface area contributed by atoms with Gasteiger partial charge in [-0.3, -0.25) is 0 Å². The zero-order chi connectivity index (χ0) is 18.7. The van der Waals surface area contributed by atoms with Gasteiger partial charge in [-0.1, -0.05) is 43.3 Å². The van der Waals surface area contributed by atoms with Crippen LogP contribution < -0.4 is 14.2 Å². The summed E-state index contributed by atoms with van der Waals surface area (Å²) in [4.78, 5) is 0. The Morgan fingerprint density at radius 1 is 0.846 bits per heavy atom. The highest BCUT2D eigenvalue weighted by molar-refractivity contribution is 5.81. The van der Waals surface area contributed by atoms with Gasteiger partial charge in [0.2, 0.25) is 5.75 Å². The average Bonchev–Trinajstić information content (AvgIpc) is 3.16.